The highest BCUT2D eigenvalue weighted by Gasteiger charge is 2.73. The van der Waals surface area contributed by atoms with Crippen molar-refractivity contribution in [3.8, 4) is 11.5 Å². The van der Waals surface area contributed by atoms with Gasteiger partial charge in [-0.25, -0.2) is 8.78 Å². The van der Waals surface area contributed by atoms with E-state index in [0.717, 1.165) is 30.2 Å². The van der Waals surface area contributed by atoms with Gasteiger partial charge in [-0.3, -0.25) is 9.59 Å². The fourth-order valence-electron chi connectivity index (χ4n) is 4.33. The molecule has 0 N–H and O–H groups in total. The fourth-order valence-corrected chi connectivity index (χ4v) is 5.16. The zero-order chi connectivity index (χ0) is 34.1. The first-order chi connectivity index (χ1) is 20.8. The summed E-state index contributed by atoms with van der Waals surface area (Å²) in [7, 11) is 1.12. The monoisotopic (exact) mass is 737 g/mol. The number of Topliss-reactive ketones (excluding diaryl/α,β-unsaturated/α-hetero) is 1. The van der Waals surface area contributed by atoms with Gasteiger partial charge in [-0.1, -0.05) is 33.6 Å². The van der Waals surface area contributed by atoms with Crippen molar-refractivity contribution in [2.45, 2.75) is 38.0 Å². The van der Waals surface area contributed by atoms with Crippen molar-refractivity contribution in [2.24, 2.45) is 0 Å². The molecule has 0 bridgehead atoms. The molecule has 45 heavy (non-hydrogen) atoms. The lowest BCUT2D eigenvalue weighted by Gasteiger charge is -2.31. The van der Waals surface area contributed by atoms with Gasteiger partial charge in [0.15, 0.2) is 11.5 Å². The van der Waals surface area contributed by atoms with Crippen LogP contribution >= 0.6 is 27.5 Å². The molecule has 0 aliphatic rings. The van der Waals surface area contributed by atoms with Crippen LogP contribution in [-0.4, -0.2) is 44.3 Å². The maximum atomic E-state index is 14.7. The Bertz CT molecular complexity index is 1580. The summed E-state index contributed by atoms with van der Waals surface area (Å²) < 4.78 is 143. The highest BCUT2D eigenvalue weighted by molar-refractivity contribution is 9.10. The topological polar surface area (TPSA) is 55.8 Å². The van der Waals surface area contributed by atoms with E-state index in [4.69, 9.17) is 16.3 Å². The van der Waals surface area contributed by atoms with E-state index in [2.05, 4.69) is 20.7 Å². The second-order valence-corrected chi connectivity index (χ2v) is 10.4. The van der Waals surface area contributed by atoms with Crippen LogP contribution in [0.25, 0.3) is 0 Å². The normalized spacial score (nSPS) is 12.3. The van der Waals surface area contributed by atoms with Gasteiger partial charge in [0.25, 0.3) is 5.91 Å². The van der Waals surface area contributed by atoms with E-state index in [-0.39, 0.29) is 46.3 Å². The first kappa shape index (κ1) is 35.9. The summed E-state index contributed by atoms with van der Waals surface area (Å²) in [6, 6.07) is 6.70. The summed E-state index contributed by atoms with van der Waals surface area (Å²) >= 11 is 8.68. The van der Waals surface area contributed by atoms with Crippen molar-refractivity contribution < 1.29 is 63.0 Å². The van der Waals surface area contributed by atoms with E-state index in [1.165, 1.54) is 18.2 Å². The minimum absolute atomic E-state index is 0.00715. The third-order valence-corrected chi connectivity index (χ3v) is 7.42. The predicted octanol–water partition coefficient (Wildman–Crippen LogP) is 9.23. The summed E-state index contributed by atoms with van der Waals surface area (Å²) in [5.74, 6) is -4.02. The van der Waals surface area contributed by atoms with E-state index in [9.17, 15) is 53.5 Å². The van der Waals surface area contributed by atoms with E-state index >= 15 is 0 Å². The Kier molecular flexibility index (Phi) is 10.7. The highest BCUT2D eigenvalue weighted by atomic mass is 79.9. The molecule has 3 rings (SSSR count). The number of alkyl halides is 9. The average molecular weight is 739 g/mol. The van der Waals surface area contributed by atoms with Crippen molar-refractivity contribution in [3.05, 3.63) is 86.1 Å². The molecule has 0 saturated carbocycles. The van der Waals surface area contributed by atoms with Gasteiger partial charge in [0.2, 0.25) is 0 Å². The lowest BCUT2D eigenvalue weighted by atomic mass is 9.91. The highest BCUT2D eigenvalue weighted by Crippen LogP contribution is 2.54. The molecule has 0 atom stereocenters. The van der Waals surface area contributed by atoms with Crippen LogP contribution in [0.1, 0.15) is 38.8 Å². The molecule has 5 nitrogen and oxygen atoms in total. The van der Waals surface area contributed by atoms with Gasteiger partial charge in [0, 0.05) is 28.6 Å². The van der Waals surface area contributed by atoms with Gasteiger partial charge < -0.3 is 14.4 Å². The number of halogens is 12. The number of ketones is 1. The number of anilines is 1. The second-order valence-electron chi connectivity index (χ2n) is 9.10. The third kappa shape index (κ3) is 7.16. The molecule has 0 saturated heterocycles. The molecule has 0 radical (unpaired) electrons. The van der Waals surface area contributed by atoms with Gasteiger partial charge in [0.05, 0.1) is 28.9 Å². The van der Waals surface area contributed by atoms with Crippen molar-refractivity contribution in [2.75, 3.05) is 18.6 Å². The number of nitrogens with zero attached hydrogens (tertiary/aromatic N) is 1. The number of carbonyl (C=O) groups excluding carboxylic acids is 2. The summed E-state index contributed by atoms with van der Waals surface area (Å²) in [6.45, 7) is -2.29. The van der Waals surface area contributed by atoms with Crippen molar-refractivity contribution in [3.63, 3.8) is 0 Å². The lowest BCUT2D eigenvalue weighted by molar-refractivity contribution is -0.348. The van der Waals surface area contributed by atoms with Crippen LogP contribution in [0.3, 0.4) is 0 Å². The Balaban J connectivity index is 2.12. The van der Waals surface area contributed by atoms with E-state index < -0.39 is 69.9 Å². The average Bonchev–Trinajstić information content (AvgIpc) is 2.92. The molecule has 0 heterocycles. The molecule has 1 amide bonds. The van der Waals surface area contributed by atoms with Crippen LogP contribution in [0.15, 0.2) is 53.0 Å². The van der Waals surface area contributed by atoms with Gasteiger partial charge in [-0.2, -0.15) is 35.1 Å². The molecule has 0 aliphatic heterocycles. The Morgan fingerprint density at radius 2 is 1.58 bits per heavy atom. The second kappa shape index (κ2) is 13.4. The predicted molar refractivity (Wildman–Crippen MR) is 145 cm³/mol. The molecule has 0 unspecified atom stereocenters. The fraction of sp³-hybridized carbons (Fsp3) is 0.286. The first-order valence-electron chi connectivity index (χ1n) is 12.4. The number of benzene rings is 3. The number of rotatable bonds is 10. The number of hydrogen-bond acceptors (Lipinski definition) is 4. The van der Waals surface area contributed by atoms with E-state index in [0.29, 0.717) is 0 Å². The minimum Gasteiger partial charge on any atom is -0.494 e. The summed E-state index contributed by atoms with van der Waals surface area (Å²) in [6.07, 6.45) is -14.1. The Morgan fingerprint density at radius 1 is 0.956 bits per heavy atom. The molecule has 0 aromatic heterocycles. The van der Waals surface area contributed by atoms with E-state index in [1.807, 2.05) is 0 Å². The number of hydrogen-bond donors (Lipinski definition) is 0. The van der Waals surface area contributed by atoms with Gasteiger partial charge in [0.1, 0.15) is 11.6 Å². The molecule has 3 aromatic carbocycles. The maximum absolute atomic E-state index is 14.7. The quantitative estimate of drug-likeness (QED) is 0.154. The SMILES string of the molecule is CCN(C(=O)c1ccc(F)cc1Cl)c1cccc(C(=O)Cc2c(Br)cc(C(F)(C(F)(F)F)C(F)(F)F)cc2OC(F)F)c1OC. The molecular weight excluding hydrogens is 720 g/mol. The van der Waals surface area contributed by atoms with Crippen molar-refractivity contribution in [1.29, 1.82) is 0 Å². The van der Waals surface area contributed by atoms with Crippen LogP contribution in [-0.2, 0) is 12.1 Å². The van der Waals surface area contributed by atoms with Crippen molar-refractivity contribution in [1.82, 2.24) is 0 Å². The molecule has 0 aliphatic carbocycles. The zero-order valence-electron chi connectivity index (χ0n) is 22.7. The standard InChI is InChI=1S/C28H19BrClF10NO4/c1-3-41(24(43)15-8-7-14(31)11-19(15)30)20-6-4-5-16(23(20)44-2)21(42)12-17-18(29)9-13(10-22(17)45-25(32)33)26(34,27(35,36)37)28(38,39)40/h4-11,25H,3,12H2,1-2H3. The van der Waals surface area contributed by atoms with Crippen molar-refractivity contribution >= 4 is 44.9 Å². The molecule has 0 fully saturated rings. The Labute approximate surface area is 261 Å². The minimum atomic E-state index is -6.56. The zero-order valence-corrected chi connectivity index (χ0v) is 25.1. The third-order valence-electron chi connectivity index (χ3n) is 6.40. The molecular formula is C28H19BrClF10NO4. The van der Waals surface area contributed by atoms with Crippen LogP contribution in [0, 0.1) is 5.82 Å². The molecule has 17 heteroatoms. The summed E-state index contributed by atoms with van der Waals surface area (Å²) in [5.41, 5.74) is -9.17. The van der Waals surface area contributed by atoms with Crippen LogP contribution < -0.4 is 14.4 Å². The van der Waals surface area contributed by atoms with E-state index in [1.54, 1.807) is 6.92 Å². The van der Waals surface area contributed by atoms with Gasteiger partial charge >= 0.3 is 24.6 Å². The number of amides is 1. The van der Waals surface area contributed by atoms with Crippen LogP contribution in [0.5, 0.6) is 11.5 Å². The van der Waals surface area contributed by atoms with Crippen LogP contribution in [0.2, 0.25) is 5.02 Å². The summed E-state index contributed by atoms with van der Waals surface area (Å²) in [4.78, 5) is 27.8. The largest absolute Gasteiger partial charge is 0.494 e. The number of ether oxygens (including phenoxy) is 2. The number of carbonyl (C=O) groups is 2. The number of para-hydroxylation sites is 1. The maximum Gasteiger partial charge on any atom is 0.435 e. The molecule has 3 aromatic rings. The van der Waals surface area contributed by atoms with Gasteiger partial charge in [-0.15, -0.1) is 0 Å². The Morgan fingerprint density at radius 3 is 2.09 bits per heavy atom. The molecule has 0 spiro atoms. The summed E-state index contributed by atoms with van der Waals surface area (Å²) in [5, 5.41) is -0.224. The smallest absolute Gasteiger partial charge is 0.435 e. The Hall–Kier alpha value is -3.53. The lowest BCUT2D eigenvalue weighted by Crippen LogP contribution is -2.50. The first-order valence-corrected chi connectivity index (χ1v) is 13.5. The molecule has 244 valence electrons. The van der Waals surface area contributed by atoms with Gasteiger partial charge in [-0.05, 0) is 49.4 Å². The number of methoxy groups -OCH3 is 1. The van der Waals surface area contributed by atoms with Crippen LogP contribution in [0.4, 0.5) is 49.6 Å².